The van der Waals surface area contributed by atoms with Crippen molar-refractivity contribution in [2.24, 2.45) is 7.05 Å². The molecular formula is C13H17N3O4. The number of nitrogens with zero attached hydrogens (tertiary/aromatic N) is 2. The van der Waals surface area contributed by atoms with Crippen LogP contribution in [-0.4, -0.2) is 32.8 Å². The molecule has 1 aromatic rings. The minimum Gasteiger partial charge on any atom is -0.480 e. The van der Waals surface area contributed by atoms with Gasteiger partial charge in [-0.15, -0.1) is 6.58 Å². The first-order valence-electron chi connectivity index (χ1n) is 5.98. The average Bonchev–Trinajstić information content (AvgIpc) is 2.36. The van der Waals surface area contributed by atoms with Crippen molar-refractivity contribution in [3.8, 4) is 0 Å². The van der Waals surface area contributed by atoms with Gasteiger partial charge in [0.2, 0.25) is 0 Å². The molecule has 7 heteroatoms. The Morgan fingerprint density at radius 3 is 2.60 bits per heavy atom. The maximum absolute atomic E-state index is 12.1. The first kappa shape index (κ1) is 15.6. The van der Waals surface area contributed by atoms with Crippen LogP contribution in [0.5, 0.6) is 0 Å². The number of hydrogen-bond donors (Lipinski definition) is 2. The molecule has 1 amide bonds. The quantitative estimate of drug-likeness (QED) is 0.747. The minimum absolute atomic E-state index is 0.0739. The lowest BCUT2D eigenvalue weighted by Crippen LogP contribution is -2.43. The van der Waals surface area contributed by atoms with E-state index in [1.54, 1.807) is 13.8 Å². The summed E-state index contributed by atoms with van der Waals surface area (Å²) >= 11 is 0. The molecule has 1 atom stereocenters. The van der Waals surface area contributed by atoms with Crippen molar-refractivity contribution in [1.82, 2.24) is 15.1 Å². The highest BCUT2D eigenvalue weighted by molar-refractivity contribution is 5.97. The van der Waals surface area contributed by atoms with Gasteiger partial charge in [0, 0.05) is 7.05 Å². The van der Waals surface area contributed by atoms with E-state index in [0.29, 0.717) is 11.3 Å². The SMILES string of the molecule is C=CCC(NC(=O)c1c(C)c(C)nn(C)c1=O)C(=O)O. The highest BCUT2D eigenvalue weighted by atomic mass is 16.4. The summed E-state index contributed by atoms with van der Waals surface area (Å²) in [6.45, 7) is 6.71. The maximum Gasteiger partial charge on any atom is 0.326 e. The van der Waals surface area contributed by atoms with Crippen molar-refractivity contribution in [3.63, 3.8) is 0 Å². The second kappa shape index (κ2) is 6.14. The van der Waals surface area contributed by atoms with E-state index in [9.17, 15) is 14.4 Å². The predicted molar refractivity (Wildman–Crippen MR) is 72.7 cm³/mol. The predicted octanol–water partition coefficient (Wildman–Crippen LogP) is 0.156. The highest BCUT2D eigenvalue weighted by Gasteiger charge is 2.23. The lowest BCUT2D eigenvalue weighted by molar-refractivity contribution is -0.139. The van der Waals surface area contributed by atoms with Crippen molar-refractivity contribution in [2.75, 3.05) is 0 Å². The molecule has 0 bridgehead atoms. The maximum atomic E-state index is 12.1. The van der Waals surface area contributed by atoms with Crippen molar-refractivity contribution in [1.29, 1.82) is 0 Å². The van der Waals surface area contributed by atoms with Gasteiger partial charge in [0.25, 0.3) is 11.5 Å². The number of carboxylic acids is 1. The van der Waals surface area contributed by atoms with Crippen molar-refractivity contribution in [2.45, 2.75) is 26.3 Å². The van der Waals surface area contributed by atoms with Gasteiger partial charge in [-0.05, 0) is 25.8 Å². The van der Waals surface area contributed by atoms with Crippen LogP contribution in [0.3, 0.4) is 0 Å². The Labute approximate surface area is 115 Å². The van der Waals surface area contributed by atoms with Crippen LogP contribution in [0, 0.1) is 13.8 Å². The van der Waals surface area contributed by atoms with Gasteiger partial charge in [0.1, 0.15) is 11.6 Å². The average molecular weight is 279 g/mol. The number of amides is 1. The number of nitrogens with one attached hydrogen (secondary N) is 1. The van der Waals surface area contributed by atoms with Crippen LogP contribution in [0.25, 0.3) is 0 Å². The smallest absolute Gasteiger partial charge is 0.326 e. The van der Waals surface area contributed by atoms with Gasteiger partial charge in [0.15, 0.2) is 0 Å². The second-order valence-corrected chi connectivity index (χ2v) is 4.40. The topological polar surface area (TPSA) is 101 Å². The third-order valence-corrected chi connectivity index (χ3v) is 2.96. The van der Waals surface area contributed by atoms with Crippen LogP contribution in [0.4, 0.5) is 0 Å². The summed E-state index contributed by atoms with van der Waals surface area (Å²) in [6.07, 6.45) is 1.46. The number of carbonyl (C=O) groups excluding carboxylic acids is 1. The zero-order chi connectivity index (χ0) is 15.4. The largest absolute Gasteiger partial charge is 0.480 e. The number of aryl methyl sites for hydroxylation is 2. The molecule has 0 aliphatic carbocycles. The van der Waals surface area contributed by atoms with Crippen LogP contribution in [0.2, 0.25) is 0 Å². The normalized spacial score (nSPS) is 11.8. The van der Waals surface area contributed by atoms with E-state index in [1.165, 1.54) is 13.1 Å². The van der Waals surface area contributed by atoms with Crippen LogP contribution >= 0.6 is 0 Å². The zero-order valence-electron chi connectivity index (χ0n) is 11.6. The summed E-state index contributed by atoms with van der Waals surface area (Å²) in [5, 5.41) is 15.3. The molecule has 0 fully saturated rings. The number of rotatable bonds is 5. The highest BCUT2D eigenvalue weighted by Crippen LogP contribution is 2.06. The Kier molecular flexibility index (Phi) is 4.79. The molecule has 0 radical (unpaired) electrons. The number of hydrogen-bond acceptors (Lipinski definition) is 4. The minimum atomic E-state index is -1.18. The van der Waals surface area contributed by atoms with Crippen molar-refractivity contribution >= 4 is 11.9 Å². The van der Waals surface area contributed by atoms with E-state index < -0.39 is 23.5 Å². The molecule has 108 valence electrons. The van der Waals surface area contributed by atoms with Gasteiger partial charge < -0.3 is 10.4 Å². The summed E-state index contributed by atoms with van der Waals surface area (Å²) in [5.41, 5.74) is 0.324. The molecule has 7 nitrogen and oxygen atoms in total. The van der Waals surface area contributed by atoms with E-state index in [-0.39, 0.29) is 12.0 Å². The Hall–Kier alpha value is -2.44. The molecule has 1 aromatic heterocycles. The molecular weight excluding hydrogens is 262 g/mol. The number of carboxylic acid groups (broad SMARTS) is 1. The molecule has 0 spiro atoms. The van der Waals surface area contributed by atoms with Gasteiger partial charge in [-0.25, -0.2) is 9.48 Å². The zero-order valence-corrected chi connectivity index (χ0v) is 11.6. The molecule has 1 unspecified atom stereocenters. The van der Waals surface area contributed by atoms with E-state index in [2.05, 4.69) is 17.0 Å². The van der Waals surface area contributed by atoms with Gasteiger partial charge >= 0.3 is 5.97 Å². The summed E-state index contributed by atoms with van der Waals surface area (Å²) in [5.74, 6) is -1.90. The second-order valence-electron chi connectivity index (χ2n) is 4.40. The standard InChI is InChI=1S/C13H17N3O4/c1-5-6-9(13(19)20)14-11(17)10-7(2)8(3)15-16(4)12(10)18/h5,9H,1,6H2,2-4H3,(H,14,17)(H,19,20). The van der Waals surface area contributed by atoms with Crippen LogP contribution < -0.4 is 10.9 Å². The van der Waals surface area contributed by atoms with E-state index in [1.807, 2.05) is 0 Å². The van der Waals surface area contributed by atoms with Crippen LogP contribution in [-0.2, 0) is 11.8 Å². The van der Waals surface area contributed by atoms with Gasteiger partial charge in [-0.2, -0.15) is 5.10 Å². The van der Waals surface area contributed by atoms with Gasteiger partial charge in [-0.1, -0.05) is 6.08 Å². The molecule has 1 rings (SSSR count). The van der Waals surface area contributed by atoms with Gasteiger partial charge in [0.05, 0.1) is 5.69 Å². The molecule has 0 saturated heterocycles. The fraction of sp³-hybridized carbons (Fsp3) is 0.385. The third-order valence-electron chi connectivity index (χ3n) is 2.96. The molecule has 0 aliphatic heterocycles. The van der Waals surface area contributed by atoms with Gasteiger partial charge in [-0.3, -0.25) is 9.59 Å². The Morgan fingerprint density at radius 1 is 1.50 bits per heavy atom. The fourth-order valence-corrected chi connectivity index (χ4v) is 1.73. The number of aromatic nitrogens is 2. The molecule has 20 heavy (non-hydrogen) atoms. The number of aliphatic carboxylic acids is 1. The summed E-state index contributed by atoms with van der Waals surface area (Å²) in [4.78, 5) is 35.1. The van der Waals surface area contributed by atoms with Crippen LogP contribution in [0.1, 0.15) is 28.0 Å². The molecule has 1 heterocycles. The number of carbonyl (C=O) groups is 2. The summed E-state index contributed by atoms with van der Waals surface area (Å²) < 4.78 is 1.06. The fourth-order valence-electron chi connectivity index (χ4n) is 1.73. The molecule has 2 N–H and O–H groups in total. The van der Waals surface area contributed by atoms with Crippen molar-refractivity contribution < 1.29 is 14.7 Å². The third kappa shape index (κ3) is 3.11. The van der Waals surface area contributed by atoms with E-state index in [0.717, 1.165) is 4.68 Å². The Bertz CT molecular complexity index is 619. The molecule has 0 aliphatic rings. The van der Waals surface area contributed by atoms with E-state index in [4.69, 9.17) is 5.11 Å². The molecule has 0 aromatic carbocycles. The summed E-state index contributed by atoms with van der Waals surface area (Å²) in [7, 11) is 1.43. The first-order valence-corrected chi connectivity index (χ1v) is 5.98. The van der Waals surface area contributed by atoms with Crippen LogP contribution in [0.15, 0.2) is 17.4 Å². The summed E-state index contributed by atoms with van der Waals surface area (Å²) in [6, 6.07) is -1.11. The first-order chi connectivity index (χ1) is 9.29. The van der Waals surface area contributed by atoms with E-state index >= 15 is 0 Å². The Balaban J connectivity index is 3.19. The molecule has 0 saturated carbocycles. The van der Waals surface area contributed by atoms with Crippen molar-refractivity contribution in [3.05, 3.63) is 39.8 Å². The lowest BCUT2D eigenvalue weighted by atomic mass is 10.1. The lowest BCUT2D eigenvalue weighted by Gasteiger charge is -2.14. The Morgan fingerprint density at radius 2 is 2.10 bits per heavy atom. The monoisotopic (exact) mass is 279 g/mol.